The molecule has 1 aliphatic carbocycles. The highest BCUT2D eigenvalue weighted by molar-refractivity contribution is 6.02. The summed E-state index contributed by atoms with van der Waals surface area (Å²) >= 11 is 0. The van der Waals surface area contributed by atoms with Gasteiger partial charge in [0.1, 0.15) is 5.60 Å². The third-order valence-corrected chi connectivity index (χ3v) is 4.03. The molecule has 0 aliphatic heterocycles. The van der Waals surface area contributed by atoms with Crippen molar-refractivity contribution in [1.82, 2.24) is 0 Å². The molecular weight excluding hydrogens is 224 g/mol. The number of hydrogen-bond acceptors (Lipinski definition) is 2. The van der Waals surface area contributed by atoms with Crippen LogP contribution in [0, 0.1) is 6.92 Å². The Balaban J connectivity index is 2.25. The Morgan fingerprint density at radius 3 is 2.11 bits per heavy atom. The molecule has 2 heteroatoms. The lowest BCUT2D eigenvalue weighted by molar-refractivity contribution is -0.00692. The number of methoxy groups -OCH3 is 1. The summed E-state index contributed by atoms with van der Waals surface area (Å²) in [4.78, 5) is 12.7. The first-order chi connectivity index (χ1) is 8.68. The Kier molecular flexibility index (Phi) is 4.18. The number of ether oxygens (including phenoxy) is 1. The van der Waals surface area contributed by atoms with Gasteiger partial charge in [-0.2, -0.15) is 0 Å². The molecule has 0 radical (unpaired) electrons. The number of hydrogen-bond donors (Lipinski definition) is 0. The number of ketones is 1. The van der Waals surface area contributed by atoms with E-state index in [0.717, 1.165) is 31.2 Å². The molecule has 2 rings (SSSR count). The smallest absolute Gasteiger partial charge is 0.194 e. The van der Waals surface area contributed by atoms with Crippen LogP contribution in [0.2, 0.25) is 0 Å². The fourth-order valence-corrected chi connectivity index (χ4v) is 2.79. The predicted octanol–water partition coefficient (Wildman–Crippen LogP) is 3.92. The van der Waals surface area contributed by atoms with Crippen molar-refractivity contribution in [3.05, 3.63) is 35.4 Å². The van der Waals surface area contributed by atoms with Crippen molar-refractivity contribution >= 4 is 5.78 Å². The lowest BCUT2D eigenvalue weighted by Crippen LogP contribution is -2.40. The minimum Gasteiger partial charge on any atom is -0.370 e. The van der Waals surface area contributed by atoms with Gasteiger partial charge in [-0.3, -0.25) is 4.79 Å². The maximum atomic E-state index is 12.7. The topological polar surface area (TPSA) is 26.3 Å². The minimum absolute atomic E-state index is 0.159. The normalized spacial score (nSPS) is 19.2. The monoisotopic (exact) mass is 246 g/mol. The van der Waals surface area contributed by atoms with Crippen molar-refractivity contribution in [3.8, 4) is 0 Å². The third kappa shape index (κ3) is 2.64. The average Bonchev–Trinajstić information content (AvgIpc) is 2.65. The van der Waals surface area contributed by atoms with E-state index in [2.05, 4.69) is 0 Å². The van der Waals surface area contributed by atoms with Gasteiger partial charge >= 0.3 is 0 Å². The Morgan fingerprint density at radius 1 is 1.06 bits per heavy atom. The van der Waals surface area contributed by atoms with E-state index in [0.29, 0.717) is 0 Å². The molecule has 0 atom stereocenters. The fourth-order valence-electron chi connectivity index (χ4n) is 2.79. The van der Waals surface area contributed by atoms with Crippen LogP contribution in [0.1, 0.15) is 54.4 Å². The summed E-state index contributed by atoms with van der Waals surface area (Å²) in [5.41, 5.74) is 1.38. The van der Waals surface area contributed by atoms with Gasteiger partial charge in [0, 0.05) is 12.7 Å². The van der Waals surface area contributed by atoms with Crippen LogP contribution in [0.4, 0.5) is 0 Å². The molecule has 0 spiro atoms. The highest BCUT2D eigenvalue weighted by Crippen LogP contribution is 2.33. The molecule has 0 saturated heterocycles. The zero-order chi connectivity index (χ0) is 13.0. The molecule has 1 aromatic carbocycles. The van der Waals surface area contributed by atoms with E-state index >= 15 is 0 Å². The van der Waals surface area contributed by atoms with Crippen LogP contribution in [-0.2, 0) is 4.74 Å². The van der Waals surface area contributed by atoms with E-state index in [1.807, 2.05) is 31.2 Å². The van der Waals surface area contributed by atoms with Gasteiger partial charge < -0.3 is 4.74 Å². The van der Waals surface area contributed by atoms with Crippen LogP contribution in [0.5, 0.6) is 0 Å². The molecule has 98 valence electrons. The number of carbonyl (C=O) groups is 1. The fraction of sp³-hybridized carbons (Fsp3) is 0.562. The van der Waals surface area contributed by atoms with Crippen LogP contribution in [0.15, 0.2) is 24.3 Å². The molecule has 0 aromatic heterocycles. The van der Waals surface area contributed by atoms with E-state index < -0.39 is 5.60 Å². The van der Waals surface area contributed by atoms with Crippen molar-refractivity contribution < 1.29 is 9.53 Å². The number of carbonyl (C=O) groups excluding carboxylic acids is 1. The summed E-state index contributed by atoms with van der Waals surface area (Å²) in [7, 11) is 1.68. The second kappa shape index (κ2) is 5.66. The second-order valence-electron chi connectivity index (χ2n) is 5.31. The van der Waals surface area contributed by atoms with Crippen molar-refractivity contribution in [2.24, 2.45) is 0 Å². The molecular formula is C16H22O2. The summed E-state index contributed by atoms with van der Waals surface area (Å²) in [6.45, 7) is 2.03. The quantitative estimate of drug-likeness (QED) is 0.597. The van der Waals surface area contributed by atoms with Crippen molar-refractivity contribution in [1.29, 1.82) is 0 Å². The summed E-state index contributed by atoms with van der Waals surface area (Å²) in [5, 5.41) is 0. The highest BCUT2D eigenvalue weighted by atomic mass is 16.5. The Morgan fingerprint density at radius 2 is 1.61 bits per heavy atom. The standard InChI is InChI=1S/C16H22O2/c1-13-7-9-14(10-8-13)15(17)16(18-2)11-5-3-4-6-12-16/h7-10H,3-6,11-12H2,1-2H3. The van der Waals surface area contributed by atoms with Gasteiger partial charge in [-0.1, -0.05) is 55.5 Å². The van der Waals surface area contributed by atoms with E-state index in [1.54, 1.807) is 7.11 Å². The summed E-state index contributed by atoms with van der Waals surface area (Å²) < 4.78 is 5.66. The minimum atomic E-state index is -0.578. The Hall–Kier alpha value is -1.15. The first-order valence-corrected chi connectivity index (χ1v) is 6.84. The molecule has 0 N–H and O–H groups in total. The molecule has 0 amide bonds. The average molecular weight is 246 g/mol. The second-order valence-corrected chi connectivity index (χ2v) is 5.31. The molecule has 1 fully saturated rings. The van der Waals surface area contributed by atoms with Crippen LogP contribution in [-0.4, -0.2) is 18.5 Å². The molecule has 2 nitrogen and oxygen atoms in total. The number of Topliss-reactive ketones (excluding diaryl/α,β-unsaturated/α-hetero) is 1. The van der Waals surface area contributed by atoms with E-state index in [1.165, 1.54) is 18.4 Å². The summed E-state index contributed by atoms with van der Waals surface area (Å²) in [6, 6.07) is 7.83. The van der Waals surface area contributed by atoms with Gasteiger partial charge in [0.2, 0.25) is 0 Å². The number of rotatable bonds is 3. The number of benzene rings is 1. The SMILES string of the molecule is COC1(C(=O)c2ccc(C)cc2)CCCCCC1. The van der Waals surface area contributed by atoms with E-state index in [-0.39, 0.29) is 5.78 Å². The Bertz CT molecular complexity index is 398. The van der Waals surface area contributed by atoms with Gasteiger partial charge in [0.05, 0.1) is 0 Å². The molecule has 1 saturated carbocycles. The lowest BCUT2D eigenvalue weighted by Gasteiger charge is -2.29. The molecule has 1 aliphatic rings. The van der Waals surface area contributed by atoms with Crippen LogP contribution in [0.3, 0.4) is 0 Å². The Labute approximate surface area is 109 Å². The van der Waals surface area contributed by atoms with Crippen LogP contribution < -0.4 is 0 Å². The molecule has 0 heterocycles. The first kappa shape index (κ1) is 13.3. The van der Waals surface area contributed by atoms with Gasteiger partial charge in [0.15, 0.2) is 5.78 Å². The lowest BCUT2D eigenvalue weighted by atomic mass is 9.85. The zero-order valence-electron chi connectivity index (χ0n) is 11.4. The molecule has 1 aromatic rings. The van der Waals surface area contributed by atoms with Gasteiger partial charge in [-0.05, 0) is 19.8 Å². The van der Waals surface area contributed by atoms with E-state index in [4.69, 9.17) is 4.74 Å². The first-order valence-electron chi connectivity index (χ1n) is 6.84. The maximum Gasteiger partial charge on any atom is 0.194 e. The van der Waals surface area contributed by atoms with Gasteiger partial charge in [-0.15, -0.1) is 0 Å². The van der Waals surface area contributed by atoms with Crippen molar-refractivity contribution in [2.75, 3.05) is 7.11 Å². The van der Waals surface area contributed by atoms with Crippen LogP contribution >= 0.6 is 0 Å². The predicted molar refractivity (Wildman–Crippen MR) is 73.0 cm³/mol. The zero-order valence-corrected chi connectivity index (χ0v) is 11.4. The maximum absolute atomic E-state index is 12.7. The van der Waals surface area contributed by atoms with E-state index in [9.17, 15) is 4.79 Å². The largest absolute Gasteiger partial charge is 0.370 e. The van der Waals surface area contributed by atoms with Gasteiger partial charge in [-0.25, -0.2) is 0 Å². The van der Waals surface area contributed by atoms with Crippen molar-refractivity contribution in [3.63, 3.8) is 0 Å². The molecule has 0 unspecified atom stereocenters. The summed E-state index contributed by atoms with van der Waals surface area (Å²) in [6.07, 6.45) is 6.32. The molecule has 18 heavy (non-hydrogen) atoms. The summed E-state index contributed by atoms with van der Waals surface area (Å²) in [5.74, 6) is 0.159. The number of aryl methyl sites for hydroxylation is 1. The third-order valence-electron chi connectivity index (χ3n) is 4.03. The highest BCUT2D eigenvalue weighted by Gasteiger charge is 2.38. The van der Waals surface area contributed by atoms with Gasteiger partial charge in [0.25, 0.3) is 0 Å². The van der Waals surface area contributed by atoms with Crippen molar-refractivity contribution in [2.45, 2.75) is 51.0 Å². The van der Waals surface area contributed by atoms with Crippen LogP contribution in [0.25, 0.3) is 0 Å². The molecule has 0 bridgehead atoms.